The summed E-state index contributed by atoms with van der Waals surface area (Å²) < 4.78 is 10.8. The van der Waals surface area contributed by atoms with Crippen LogP contribution in [0.15, 0.2) is 0 Å². The average molecular weight is 251 g/mol. The Kier molecular flexibility index (Phi) is 5.29. The van der Waals surface area contributed by atoms with Crippen LogP contribution in [0.3, 0.4) is 0 Å². The molecule has 78 valence electrons. The van der Waals surface area contributed by atoms with Crippen LogP contribution in [0.25, 0.3) is 0 Å². The maximum Gasteiger partial charge on any atom is 0.112 e. The Morgan fingerprint density at radius 3 is 2.46 bits per heavy atom. The van der Waals surface area contributed by atoms with Gasteiger partial charge in [-0.15, -0.1) is 0 Å². The van der Waals surface area contributed by atoms with Crippen molar-refractivity contribution in [1.29, 1.82) is 0 Å². The van der Waals surface area contributed by atoms with E-state index in [9.17, 15) is 0 Å². The van der Waals surface area contributed by atoms with E-state index in [2.05, 4.69) is 22.9 Å². The maximum absolute atomic E-state index is 5.71. The Bertz CT molecular complexity index is 135. The van der Waals surface area contributed by atoms with E-state index >= 15 is 0 Å². The fourth-order valence-corrected chi connectivity index (χ4v) is 1.74. The van der Waals surface area contributed by atoms with Crippen molar-refractivity contribution < 1.29 is 9.47 Å². The van der Waals surface area contributed by atoms with Crippen molar-refractivity contribution in [3.63, 3.8) is 0 Å². The average Bonchev–Trinajstić information content (AvgIpc) is 2.08. The molecular weight excluding hydrogens is 232 g/mol. The molecule has 1 aliphatic rings. The minimum atomic E-state index is 0.0371. The van der Waals surface area contributed by atoms with Gasteiger partial charge in [0.2, 0.25) is 0 Å². The van der Waals surface area contributed by atoms with E-state index in [0.717, 1.165) is 25.2 Å². The third-order valence-electron chi connectivity index (χ3n) is 2.29. The standard InChI is InChI=1S/C10H19BrO2/c1-10(8-12-9-10)13-7-5-3-2-4-6-11/h2-9H2,1H3. The van der Waals surface area contributed by atoms with Crippen LogP contribution in [0.2, 0.25) is 0 Å². The largest absolute Gasteiger partial charge is 0.375 e. The number of unbranched alkanes of at least 4 members (excludes halogenated alkanes) is 3. The van der Waals surface area contributed by atoms with E-state index < -0.39 is 0 Å². The van der Waals surface area contributed by atoms with Gasteiger partial charge in [0.25, 0.3) is 0 Å². The first-order chi connectivity index (χ1) is 6.27. The monoisotopic (exact) mass is 250 g/mol. The number of ether oxygens (including phenoxy) is 2. The van der Waals surface area contributed by atoms with Crippen LogP contribution in [-0.2, 0) is 9.47 Å². The van der Waals surface area contributed by atoms with E-state index in [1.807, 2.05) is 0 Å². The zero-order valence-corrected chi connectivity index (χ0v) is 9.94. The molecule has 0 bridgehead atoms. The van der Waals surface area contributed by atoms with Gasteiger partial charge in [0.15, 0.2) is 0 Å². The molecule has 0 amide bonds. The van der Waals surface area contributed by atoms with Crippen LogP contribution in [0, 0.1) is 0 Å². The predicted molar refractivity (Wildman–Crippen MR) is 57.4 cm³/mol. The molecule has 2 nitrogen and oxygen atoms in total. The molecular formula is C10H19BrO2. The fraction of sp³-hybridized carbons (Fsp3) is 1.00. The van der Waals surface area contributed by atoms with Gasteiger partial charge in [-0.3, -0.25) is 0 Å². The van der Waals surface area contributed by atoms with Crippen LogP contribution < -0.4 is 0 Å². The molecule has 0 aromatic rings. The van der Waals surface area contributed by atoms with Crippen molar-refractivity contribution in [3.8, 4) is 0 Å². The van der Waals surface area contributed by atoms with Crippen molar-refractivity contribution in [1.82, 2.24) is 0 Å². The lowest BCUT2D eigenvalue weighted by atomic mass is 10.1. The van der Waals surface area contributed by atoms with Gasteiger partial charge in [0.1, 0.15) is 5.60 Å². The Labute approximate surface area is 89.1 Å². The second kappa shape index (κ2) is 5.99. The van der Waals surface area contributed by atoms with Gasteiger partial charge in [-0.25, -0.2) is 0 Å². The minimum Gasteiger partial charge on any atom is -0.375 e. The lowest BCUT2D eigenvalue weighted by Crippen LogP contribution is -2.49. The van der Waals surface area contributed by atoms with E-state index in [-0.39, 0.29) is 5.60 Å². The Hall–Kier alpha value is 0.400. The molecule has 1 fully saturated rings. The molecule has 1 heterocycles. The number of halogens is 1. The van der Waals surface area contributed by atoms with Gasteiger partial charge in [-0.05, 0) is 19.8 Å². The number of hydrogen-bond donors (Lipinski definition) is 0. The van der Waals surface area contributed by atoms with Crippen molar-refractivity contribution in [2.45, 2.75) is 38.2 Å². The predicted octanol–water partition coefficient (Wildman–Crippen LogP) is 2.75. The van der Waals surface area contributed by atoms with Crippen molar-refractivity contribution in [2.24, 2.45) is 0 Å². The normalized spacial score (nSPS) is 19.8. The number of alkyl halides is 1. The third kappa shape index (κ3) is 4.43. The highest BCUT2D eigenvalue weighted by Crippen LogP contribution is 2.21. The molecule has 0 aromatic carbocycles. The highest BCUT2D eigenvalue weighted by atomic mass is 79.9. The molecule has 0 atom stereocenters. The second-order valence-electron chi connectivity index (χ2n) is 3.89. The van der Waals surface area contributed by atoms with Crippen LogP contribution in [-0.4, -0.2) is 30.8 Å². The van der Waals surface area contributed by atoms with Gasteiger partial charge in [-0.2, -0.15) is 0 Å². The molecule has 0 spiro atoms. The molecule has 1 rings (SSSR count). The molecule has 0 saturated carbocycles. The van der Waals surface area contributed by atoms with E-state index in [1.54, 1.807) is 0 Å². The van der Waals surface area contributed by atoms with Crippen LogP contribution in [0.1, 0.15) is 32.6 Å². The Morgan fingerprint density at radius 2 is 1.92 bits per heavy atom. The molecule has 1 saturated heterocycles. The summed E-state index contributed by atoms with van der Waals surface area (Å²) in [7, 11) is 0. The minimum absolute atomic E-state index is 0.0371. The highest BCUT2D eigenvalue weighted by molar-refractivity contribution is 9.09. The molecule has 0 unspecified atom stereocenters. The Balaban J connectivity index is 1.83. The van der Waals surface area contributed by atoms with E-state index in [0.29, 0.717) is 0 Å². The van der Waals surface area contributed by atoms with Crippen LogP contribution >= 0.6 is 15.9 Å². The first kappa shape index (κ1) is 11.5. The quantitative estimate of drug-likeness (QED) is 0.511. The van der Waals surface area contributed by atoms with Crippen LogP contribution in [0.4, 0.5) is 0 Å². The van der Waals surface area contributed by atoms with Gasteiger partial charge >= 0.3 is 0 Å². The molecule has 3 heteroatoms. The summed E-state index contributed by atoms with van der Waals surface area (Å²) in [5.74, 6) is 0. The van der Waals surface area contributed by atoms with Gasteiger partial charge in [-0.1, -0.05) is 28.8 Å². The first-order valence-electron chi connectivity index (χ1n) is 5.04. The molecule has 1 aliphatic heterocycles. The summed E-state index contributed by atoms with van der Waals surface area (Å²) in [6.07, 6.45) is 5.05. The maximum atomic E-state index is 5.71. The lowest BCUT2D eigenvalue weighted by Gasteiger charge is -2.37. The smallest absolute Gasteiger partial charge is 0.112 e. The lowest BCUT2D eigenvalue weighted by molar-refractivity contribution is -0.199. The topological polar surface area (TPSA) is 18.5 Å². The zero-order valence-electron chi connectivity index (χ0n) is 8.35. The summed E-state index contributed by atoms with van der Waals surface area (Å²) in [5.41, 5.74) is 0.0371. The molecule has 0 N–H and O–H groups in total. The van der Waals surface area contributed by atoms with Gasteiger partial charge < -0.3 is 9.47 Å². The number of rotatable bonds is 7. The first-order valence-corrected chi connectivity index (χ1v) is 6.17. The second-order valence-corrected chi connectivity index (χ2v) is 4.69. The summed E-state index contributed by atoms with van der Waals surface area (Å²) in [6, 6.07) is 0. The Morgan fingerprint density at radius 1 is 1.23 bits per heavy atom. The summed E-state index contributed by atoms with van der Waals surface area (Å²) in [6.45, 7) is 4.56. The molecule has 0 aromatic heterocycles. The van der Waals surface area contributed by atoms with Gasteiger partial charge in [0, 0.05) is 11.9 Å². The van der Waals surface area contributed by atoms with Gasteiger partial charge in [0.05, 0.1) is 13.2 Å². The number of hydrogen-bond acceptors (Lipinski definition) is 2. The molecule has 13 heavy (non-hydrogen) atoms. The van der Waals surface area contributed by atoms with Crippen LogP contribution in [0.5, 0.6) is 0 Å². The summed E-state index contributed by atoms with van der Waals surface area (Å²) in [5, 5.41) is 1.12. The molecule has 0 radical (unpaired) electrons. The van der Waals surface area contributed by atoms with Crippen molar-refractivity contribution >= 4 is 15.9 Å². The summed E-state index contributed by atoms with van der Waals surface area (Å²) in [4.78, 5) is 0. The SMILES string of the molecule is CC1(OCCCCCCBr)COC1. The zero-order chi connectivity index (χ0) is 9.57. The van der Waals surface area contributed by atoms with E-state index in [1.165, 1.54) is 25.7 Å². The van der Waals surface area contributed by atoms with E-state index in [4.69, 9.17) is 9.47 Å². The summed E-state index contributed by atoms with van der Waals surface area (Å²) >= 11 is 3.42. The highest BCUT2D eigenvalue weighted by Gasteiger charge is 2.33. The fourth-order valence-electron chi connectivity index (χ4n) is 1.34. The third-order valence-corrected chi connectivity index (χ3v) is 2.85. The van der Waals surface area contributed by atoms with Crippen molar-refractivity contribution in [3.05, 3.63) is 0 Å². The molecule has 0 aliphatic carbocycles. The van der Waals surface area contributed by atoms with Crippen molar-refractivity contribution in [2.75, 3.05) is 25.2 Å².